The summed E-state index contributed by atoms with van der Waals surface area (Å²) in [7, 11) is 0. The van der Waals surface area contributed by atoms with Crippen LogP contribution in [0.3, 0.4) is 0 Å². The van der Waals surface area contributed by atoms with E-state index in [2.05, 4.69) is 182 Å². The van der Waals surface area contributed by atoms with Gasteiger partial charge >= 0.3 is 0 Å². The predicted molar refractivity (Wildman–Crippen MR) is 214 cm³/mol. The Kier molecular flexibility index (Phi) is 6.47. The zero-order chi connectivity index (χ0) is 32.3. The van der Waals surface area contributed by atoms with Gasteiger partial charge in [-0.15, -0.1) is 11.3 Å². The van der Waals surface area contributed by atoms with Crippen LogP contribution in [0.25, 0.3) is 97.0 Å². The lowest BCUT2D eigenvalue weighted by Crippen LogP contribution is -1.92. The molecule has 0 atom stereocenters. The minimum Gasteiger partial charge on any atom is -0.135 e. The van der Waals surface area contributed by atoms with Crippen LogP contribution in [0.5, 0.6) is 0 Å². The summed E-state index contributed by atoms with van der Waals surface area (Å²) >= 11 is 1.87. The van der Waals surface area contributed by atoms with Crippen LogP contribution in [0.2, 0.25) is 0 Å². The molecule has 0 radical (unpaired) electrons. The minimum absolute atomic E-state index is 1.23. The lowest BCUT2D eigenvalue weighted by molar-refractivity contribution is 1.63. The summed E-state index contributed by atoms with van der Waals surface area (Å²) in [5.41, 5.74) is 10.1. The molecule has 0 unspecified atom stereocenters. The lowest BCUT2D eigenvalue weighted by atomic mass is 9.84. The van der Waals surface area contributed by atoms with Gasteiger partial charge in [-0.05, 0) is 101 Å². The number of rotatable bonds is 4. The van der Waals surface area contributed by atoms with E-state index in [9.17, 15) is 0 Å². The van der Waals surface area contributed by atoms with Crippen molar-refractivity contribution in [2.45, 2.75) is 0 Å². The molecule has 0 aliphatic rings. The summed E-state index contributed by atoms with van der Waals surface area (Å²) in [5, 5.41) is 10.3. The smallest absolute Gasteiger partial charge is 0.0361 e. The zero-order valence-corrected chi connectivity index (χ0v) is 27.5. The van der Waals surface area contributed by atoms with Gasteiger partial charge in [0, 0.05) is 20.2 Å². The normalized spacial score (nSPS) is 11.7. The molecule has 0 N–H and O–H groups in total. The predicted octanol–water partition coefficient (Wildman–Crippen LogP) is 14.2. The second-order valence-corrected chi connectivity index (χ2v) is 13.9. The summed E-state index contributed by atoms with van der Waals surface area (Å²) in [6.45, 7) is 0. The Hall–Kier alpha value is -6.02. The Labute approximate surface area is 289 Å². The summed E-state index contributed by atoms with van der Waals surface area (Å²) < 4.78 is 2.66. The largest absolute Gasteiger partial charge is 0.135 e. The highest BCUT2D eigenvalue weighted by molar-refractivity contribution is 7.25. The number of thiophene rings is 1. The van der Waals surface area contributed by atoms with E-state index in [1.165, 1.54) is 97.0 Å². The average molecular weight is 639 g/mol. The maximum absolute atomic E-state index is 2.40. The monoisotopic (exact) mass is 638 g/mol. The molecule has 0 aliphatic heterocycles. The molecule has 0 spiro atoms. The molecule has 228 valence electrons. The lowest BCUT2D eigenvalue weighted by Gasteiger charge is -2.19. The van der Waals surface area contributed by atoms with Crippen molar-refractivity contribution < 1.29 is 0 Å². The van der Waals surface area contributed by atoms with E-state index >= 15 is 0 Å². The molecule has 1 heteroatoms. The maximum Gasteiger partial charge on any atom is 0.0361 e. The van der Waals surface area contributed by atoms with Gasteiger partial charge < -0.3 is 0 Å². The van der Waals surface area contributed by atoms with Gasteiger partial charge in [-0.3, -0.25) is 0 Å². The van der Waals surface area contributed by atoms with E-state index in [1.807, 2.05) is 11.3 Å². The molecule has 0 bridgehead atoms. The van der Waals surface area contributed by atoms with Gasteiger partial charge in [0.1, 0.15) is 0 Å². The highest BCUT2D eigenvalue weighted by Crippen LogP contribution is 2.47. The first-order valence-corrected chi connectivity index (χ1v) is 17.7. The van der Waals surface area contributed by atoms with Crippen LogP contribution in [0.4, 0.5) is 0 Å². The van der Waals surface area contributed by atoms with E-state index in [4.69, 9.17) is 0 Å². The Bertz CT molecular complexity index is 2820. The van der Waals surface area contributed by atoms with Crippen molar-refractivity contribution in [1.29, 1.82) is 0 Å². The Morgan fingerprint density at radius 2 is 0.857 bits per heavy atom. The fourth-order valence-corrected chi connectivity index (χ4v) is 9.02. The SMILES string of the molecule is c1ccc(-c2ccc3cccc(-c4c5ccccc5c(-c5cccc(-c6cccc7sc8ccccc8c67)c5)c5ccccc45)c3c2)cc1. The summed E-state index contributed by atoms with van der Waals surface area (Å²) in [5.74, 6) is 0. The maximum atomic E-state index is 2.40. The molecule has 10 aromatic rings. The number of benzene rings is 9. The topological polar surface area (TPSA) is 0 Å². The number of hydrogen-bond acceptors (Lipinski definition) is 1. The molecule has 0 saturated carbocycles. The molecule has 9 aromatic carbocycles. The molecule has 0 amide bonds. The quantitative estimate of drug-likeness (QED) is 0.168. The molecular weight excluding hydrogens is 609 g/mol. The van der Waals surface area contributed by atoms with Crippen LogP contribution in [0.1, 0.15) is 0 Å². The Morgan fingerprint density at radius 1 is 0.286 bits per heavy atom. The first-order valence-electron chi connectivity index (χ1n) is 16.8. The zero-order valence-electron chi connectivity index (χ0n) is 26.7. The second kappa shape index (κ2) is 11.3. The highest BCUT2D eigenvalue weighted by atomic mass is 32.1. The van der Waals surface area contributed by atoms with Crippen molar-refractivity contribution in [1.82, 2.24) is 0 Å². The van der Waals surface area contributed by atoms with Crippen molar-refractivity contribution in [3.63, 3.8) is 0 Å². The van der Waals surface area contributed by atoms with Crippen LogP contribution in [-0.4, -0.2) is 0 Å². The van der Waals surface area contributed by atoms with Crippen molar-refractivity contribution >= 4 is 63.8 Å². The van der Waals surface area contributed by atoms with E-state index in [-0.39, 0.29) is 0 Å². The molecule has 1 aromatic heterocycles. The first kappa shape index (κ1) is 28.0. The van der Waals surface area contributed by atoms with E-state index in [0.717, 1.165) is 0 Å². The van der Waals surface area contributed by atoms with Gasteiger partial charge in [-0.1, -0.05) is 158 Å². The average Bonchev–Trinajstić information content (AvgIpc) is 3.56. The fourth-order valence-electron chi connectivity index (χ4n) is 7.89. The van der Waals surface area contributed by atoms with Gasteiger partial charge in [0.25, 0.3) is 0 Å². The molecule has 0 fully saturated rings. The molecule has 49 heavy (non-hydrogen) atoms. The number of hydrogen-bond donors (Lipinski definition) is 0. The fraction of sp³-hybridized carbons (Fsp3) is 0. The molecule has 10 rings (SSSR count). The van der Waals surface area contributed by atoms with Gasteiger partial charge in [-0.25, -0.2) is 0 Å². The minimum atomic E-state index is 1.23. The van der Waals surface area contributed by atoms with Gasteiger partial charge in [-0.2, -0.15) is 0 Å². The molecule has 0 nitrogen and oxygen atoms in total. The van der Waals surface area contributed by atoms with Gasteiger partial charge in [0.2, 0.25) is 0 Å². The third-order valence-electron chi connectivity index (χ3n) is 10.1. The third kappa shape index (κ3) is 4.51. The van der Waals surface area contributed by atoms with Crippen LogP contribution >= 0.6 is 11.3 Å². The Balaban J connectivity index is 1.24. The second-order valence-electron chi connectivity index (χ2n) is 12.8. The molecule has 1 heterocycles. The van der Waals surface area contributed by atoms with E-state index in [1.54, 1.807) is 0 Å². The van der Waals surface area contributed by atoms with Crippen molar-refractivity contribution in [2.24, 2.45) is 0 Å². The van der Waals surface area contributed by atoms with Crippen molar-refractivity contribution in [3.05, 3.63) is 182 Å². The van der Waals surface area contributed by atoms with Gasteiger partial charge in [0.15, 0.2) is 0 Å². The Morgan fingerprint density at radius 3 is 1.63 bits per heavy atom. The highest BCUT2D eigenvalue weighted by Gasteiger charge is 2.19. The van der Waals surface area contributed by atoms with Crippen molar-refractivity contribution in [2.75, 3.05) is 0 Å². The summed E-state index contributed by atoms with van der Waals surface area (Å²) in [4.78, 5) is 0. The number of fused-ring (bicyclic) bond motifs is 6. The van der Waals surface area contributed by atoms with Crippen LogP contribution in [0, 0.1) is 0 Å². The standard InChI is InChI=1S/C48H30S/c1-2-13-31(14-3-1)33-28-27-32-15-11-24-41(43(32)30-33)47-39-20-6-4-18-37(39)46(38-19-5-7-21-40(38)47)35-17-10-16-34(29-35)36-23-12-26-45-48(36)42-22-8-9-25-44(42)49-45/h1-30H. The summed E-state index contributed by atoms with van der Waals surface area (Å²) in [6, 6.07) is 67.0. The van der Waals surface area contributed by atoms with Gasteiger partial charge in [0.05, 0.1) is 0 Å². The third-order valence-corrected chi connectivity index (χ3v) is 11.2. The molecule has 0 aliphatic carbocycles. The molecule has 0 saturated heterocycles. The van der Waals surface area contributed by atoms with E-state index in [0.29, 0.717) is 0 Å². The van der Waals surface area contributed by atoms with Crippen LogP contribution in [0.15, 0.2) is 182 Å². The summed E-state index contributed by atoms with van der Waals surface area (Å²) in [6.07, 6.45) is 0. The first-order chi connectivity index (χ1) is 24.3. The van der Waals surface area contributed by atoms with Crippen LogP contribution < -0.4 is 0 Å². The van der Waals surface area contributed by atoms with Crippen molar-refractivity contribution in [3.8, 4) is 44.5 Å². The van der Waals surface area contributed by atoms with E-state index < -0.39 is 0 Å². The molecular formula is C48H30S. The van der Waals surface area contributed by atoms with Crippen LogP contribution in [-0.2, 0) is 0 Å².